The van der Waals surface area contributed by atoms with Gasteiger partial charge >= 0.3 is 6.18 Å². The number of alkyl halides is 3. The van der Waals surface area contributed by atoms with E-state index in [1.807, 2.05) is 5.10 Å². The summed E-state index contributed by atoms with van der Waals surface area (Å²) in [5, 5.41) is 32.4. The summed E-state index contributed by atoms with van der Waals surface area (Å²) in [6.45, 7) is 1.71. The van der Waals surface area contributed by atoms with E-state index in [2.05, 4.69) is 25.7 Å². The number of piperazine rings is 1. The minimum atomic E-state index is -4.90. The Kier molecular flexibility index (Phi) is 9.78. The zero-order valence-electron chi connectivity index (χ0n) is 26.8. The number of carbonyl (C=O) groups is 3. The maximum Gasteiger partial charge on any atom is 0.433 e. The average Bonchev–Trinajstić information content (AvgIpc) is 3.71. The van der Waals surface area contributed by atoms with E-state index in [-0.39, 0.29) is 69.8 Å². The number of nitrogens with one attached hydrogen (secondary N) is 3. The number of piperidine rings is 1. The highest BCUT2D eigenvalue weighted by Crippen LogP contribution is 2.41. The van der Waals surface area contributed by atoms with Crippen LogP contribution in [-0.4, -0.2) is 107 Å². The van der Waals surface area contributed by atoms with Crippen LogP contribution in [-0.2, 0) is 18.0 Å². The van der Waals surface area contributed by atoms with Gasteiger partial charge in [0.15, 0.2) is 5.82 Å². The number of pyridine rings is 1. The maximum absolute atomic E-state index is 14.0. The lowest BCUT2D eigenvalue weighted by atomic mass is 10.0. The highest BCUT2D eigenvalue weighted by atomic mass is 35.5. The van der Waals surface area contributed by atoms with Crippen LogP contribution in [0, 0.1) is 10.1 Å². The van der Waals surface area contributed by atoms with Crippen molar-refractivity contribution in [2.24, 2.45) is 7.05 Å². The lowest BCUT2D eigenvalue weighted by Crippen LogP contribution is -2.57. The number of hydrogen-bond donors (Lipinski definition) is 4. The number of halogens is 4. The SMILES string of the molecule is Cn1c(-c2c(-c3ccc([N+](=O)[O-])cn3)n[nH]c2C(F)(F)F)cnc1C(=O)Nc1ccc(C(=O)N2CCN(C(=O)[C@@H]3CC(O)CCN3)CC2)c(Cl)c1. The second kappa shape index (κ2) is 14.1. The molecular weight excluding hydrogens is 701 g/mol. The number of imidazole rings is 1. The standard InChI is InChI=1S/C31H30ClF3N10O6/c1-42-23(24-25(40-41-26(24)31(33,34)35)21-5-3-17(14-37-21)45(50)51)15-38-27(42)28(47)39-16-2-4-19(20(32)12-16)29(48)43-8-10-44(11-9-43)30(49)22-13-18(46)6-7-36-22/h2-5,12,14-15,18,22,36,46H,6-11,13H2,1H3,(H,39,47)(H,40,41)/t18?,22-/m0/s1. The molecule has 3 amide bonds. The van der Waals surface area contributed by atoms with Crippen molar-refractivity contribution < 1.29 is 37.6 Å². The Labute approximate surface area is 291 Å². The minimum Gasteiger partial charge on any atom is -0.393 e. The minimum absolute atomic E-state index is 0.0330. The smallest absolute Gasteiger partial charge is 0.393 e. The fourth-order valence-corrected chi connectivity index (χ4v) is 6.29. The van der Waals surface area contributed by atoms with Crippen LogP contribution in [0.25, 0.3) is 22.6 Å². The number of rotatable bonds is 7. The van der Waals surface area contributed by atoms with Gasteiger partial charge in [-0.2, -0.15) is 18.3 Å². The monoisotopic (exact) mass is 730 g/mol. The molecule has 2 fully saturated rings. The molecule has 4 aromatic rings. The van der Waals surface area contributed by atoms with Crippen LogP contribution in [0.4, 0.5) is 24.5 Å². The van der Waals surface area contributed by atoms with Crippen molar-refractivity contribution in [2.75, 3.05) is 38.0 Å². The van der Waals surface area contributed by atoms with Gasteiger partial charge in [0, 0.05) is 45.0 Å². The number of aromatic nitrogens is 5. The number of nitrogens with zero attached hydrogens (tertiary/aromatic N) is 7. The van der Waals surface area contributed by atoms with Gasteiger partial charge in [0.05, 0.1) is 50.8 Å². The molecule has 2 saturated heterocycles. The van der Waals surface area contributed by atoms with Crippen LogP contribution in [0.5, 0.6) is 0 Å². The Balaban J connectivity index is 1.15. The van der Waals surface area contributed by atoms with Gasteiger partial charge in [0.1, 0.15) is 17.6 Å². The number of anilines is 1. The molecule has 0 saturated carbocycles. The molecule has 16 nitrogen and oxygen atoms in total. The molecule has 1 aromatic carbocycles. The number of amides is 3. The fourth-order valence-electron chi connectivity index (χ4n) is 6.03. The van der Waals surface area contributed by atoms with Crippen molar-refractivity contribution in [3.63, 3.8) is 0 Å². The van der Waals surface area contributed by atoms with Crippen molar-refractivity contribution >= 4 is 40.7 Å². The van der Waals surface area contributed by atoms with Gasteiger partial charge in [0.2, 0.25) is 5.91 Å². The molecule has 5 heterocycles. The topological polar surface area (TPSA) is 205 Å². The molecule has 0 radical (unpaired) electrons. The molecule has 0 spiro atoms. The van der Waals surface area contributed by atoms with Crippen molar-refractivity contribution in [1.29, 1.82) is 0 Å². The Bertz CT molecular complexity index is 1990. The summed E-state index contributed by atoms with van der Waals surface area (Å²) in [4.78, 5) is 60.9. The number of H-pyrrole nitrogens is 1. The van der Waals surface area contributed by atoms with E-state index in [0.717, 1.165) is 29.1 Å². The zero-order valence-corrected chi connectivity index (χ0v) is 27.5. The Morgan fingerprint density at radius 3 is 2.43 bits per heavy atom. The predicted octanol–water partition coefficient (Wildman–Crippen LogP) is 3.10. The highest BCUT2D eigenvalue weighted by molar-refractivity contribution is 6.34. The molecule has 4 N–H and O–H groups in total. The number of carbonyl (C=O) groups excluding carboxylic acids is 3. The van der Waals surface area contributed by atoms with Gasteiger partial charge in [-0.05, 0) is 43.7 Å². The second-order valence-corrected chi connectivity index (χ2v) is 12.4. The normalized spacial score (nSPS) is 18.1. The van der Waals surface area contributed by atoms with Crippen molar-refractivity contribution in [2.45, 2.75) is 31.2 Å². The number of aliphatic hydroxyl groups excluding tert-OH is 1. The van der Waals surface area contributed by atoms with E-state index >= 15 is 0 Å². The third-order valence-electron chi connectivity index (χ3n) is 8.71. The van der Waals surface area contributed by atoms with Gasteiger partial charge < -0.3 is 30.1 Å². The number of aromatic amines is 1. The summed E-state index contributed by atoms with van der Waals surface area (Å²) >= 11 is 6.46. The summed E-state index contributed by atoms with van der Waals surface area (Å²) < 4.78 is 43.2. The number of aliphatic hydroxyl groups is 1. The zero-order chi connectivity index (χ0) is 36.6. The summed E-state index contributed by atoms with van der Waals surface area (Å²) in [6, 6.07) is 5.99. The summed E-state index contributed by atoms with van der Waals surface area (Å²) in [7, 11) is 1.33. The molecule has 20 heteroatoms. The Hall–Kier alpha value is -5.40. The van der Waals surface area contributed by atoms with Gasteiger partial charge in [0.25, 0.3) is 17.5 Å². The largest absolute Gasteiger partial charge is 0.433 e. The van der Waals surface area contributed by atoms with Crippen LogP contribution in [0.2, 0.25) is 5.02 Å². The molecule has 51 heavy (non-hydrogen) atoms. The molecule has 268 valence electrons. The van der Waals surface area contributed by atoms with Crippen LogP contribution < -0.4 is 10.6 Å². The van der Waals surface area contributed by atoms with E-state index in [1.54, 1.807) is 9.80 Å². The van der Waals surface area contributed by atoms with E-state index in [9.17, 15) is 42.8 Å². The first-order valence-corrected chi connectivity index (χ1v) is 16.0. The predicted molar refractivity (Wildman–Crippen MR) is 175 cm³/mol. The van der Waals surface area contributed by atoms with E-state index in [4.69, 9.17) is 11.6 Å². The number of hydrogen-bond acceptors (Lipinski definition) is 10. The molecule has 3 aromatic heterocycles. The maximum atomic E-state index is 14.0. The second-order valence-electron chi connectivity index (χ2n) is 12.0. The molecule has 2 atom stereocenters. The lowest BCUT2D eigenvalue weighted by Gasteiger charge is -2.38. The first kappa shape index (κ1) is 35.4. The van der Waals surface area contributed by atoms with Gasteiger partial charge in [-0.3, -0.25) is 29.6 Å². The average molecular weight is 731 g/mol. The van der Waals surface area contributed by atoms with E-state index in [0.29, 0.717) is 32.5 Å². The van der Waals surface area contributed by atoms with E-state index < -0.39 is 40.4 Å². The van der Waals surface area contributed by atoms with Crippen LogP contribution in [0.1, 0.15) is 39.5 Å². The fraction of sp³-hybridized carbons (Fsp3) is 0.355. The van der Waals surface area contributed by atoms with Crippen LogP contribution in [0.3, 0.4) is 0 Å². The lowest BCUT2D eigenvalue weighted by molar-refractivity contribution is -0.385. The van der Waals surface area contributed by atoms with Gasteiger partial charge in [-0.25, -0.2) is 9.97 Å². The Morgan fingerprint density at radius 1 is 1.08 bits per heavy atom. The van der Waals surface area contributed by atoms with Gasteiger partial charge in [-0.15, -0.1) is 0 Å². The van der Waals surface area contributed by atoms with Crippen molar-refractivity contribution in [3.8, 4) is 22.6 Å². The van der Waals surface area contributed by atoms with Crippen LogP contribution in [0.15, 0.2) is 42.7 Å². The quantitative estimate of drug-likeness (QED) is 0.162. The Morgan fingerprint density at radius 2 is 1.80 bits per heavy atom. The number of nitro groups is 1. The number of benzene rings is 1. The molecule has 0 aliphatic carbocycles. The van der Waals surface area contributed by atoms with Crippen molar-refractivity contribution in [3.05, 3.63) is 74.9 Å². The molecule has 1 unspecified atom stereocenters. The first-order chi connectivity index (χ1) is 24.2. The van der Waals surface area contributed by atoms with Gasteiger partial charge in [-0.1, -0.05) is 11.6 Å². The third-order valence-corrected chi connectivity index (χ3v) is 9.02. The molecule has 6 rings (SSSR count). The molecule has 2 aliphatic rings. The van der Waals surface area contributed by atoms with Crippen molar-refractivity contribution in [1.82, 2.24) is 39.8 Å². The highest BCUT2D eigenvalue weighted by Gasteiger charge is 2.40. The first-order valence-electron chi connectivity index (χ1n) is 15.6. The molecular formula is C31H30ClF3N10O6. The molecule has 2 aliphatic heterocycles. The molecule has 0 bridgehead atoms. The van der Waals surface area contributed by atoms with E-state index in [1.165, 1.54) is 25.2 Å². The third kappa shape index (κ3) is 7.26. The summed E-state index contributed by atoms with van der Waals surface area (Å²) in [6.07, 6.45) is -2.56. The summed E-state index contributed by atoms with van der Waals surface area (Å²) in [5.74, 6) is -1.56. The summed E-state index contributed by atoms with van der Waals surface area (Å²) in [5.41, 5.74) is -2.25. The van der Waals surface area contributed by atoms with Crippen LogP contribution >= 0.6 is 11.6 Å².